The molecule has 0 spiro atoms. The summed E-state index contributed by atoms with van der Waals surface area (Å²) in [5.74, 6) is -0.438. The van der Waals surface area contributed by atoms with Crippen molar-refractivity contribution in [1.29, 1.82) is 0 Å². The molecule has 0 unspecified atom stereocenters. The van der Waals surface area contributed by atoms with Crippen molar-refractivity contribution in [2.45, 2.75) is 44.7 Å². The van der Waals surface area contributed by atoms with Gasteiger partial charge in [0.1, 0.15) is 24.1 Å². The molecular weight excluding hydrogens is 696 g/mol. The highest BCUT2D eigenvalue weighted by atomic mass is 35.5. The normalized spacial score (nSPS) is 11.8. The van der Waals surface area contributed by atoms with E-state index >= 15 is 0 Å². The number of rotatable bonds is 16. The van der Waals surface area contributed by atoms with Gasteiger partial charge in [-0.25, -0.2) is 8.42 Å². The molecule has 0 saturated carbocycles. The van der Waals surface area contributed by atoms with E-state index in [0.29, 0.717) is 17.9 Å². The molecule has 12 nitrogen and oxygen atoms in total. The second-order valence-electron chi connectivity index (χ2n) is 12.3. The standard InChI is InChI=1S/C37H41ClN4O8S/c1-25(2)22-39-37(44)34(19-27-10-7-6-8-11-27)40(23-28-12-9-13-30(18-28)49-4)36(43)24-41(33-20-29(38)15-17-35(33)50-5)51(47,48)31-16-14-26(3)32(21-31)42(45)46/h6-18,20-21,25,34H,19,22-24H2,1-5H3,(H,39,44)/t34-/m0/s1. The molecule has 0 fully saturated rings. The van der Waals surface area contributed by atoms with Crippen LogP contribution in [-0.2, 0) is 32.6 Å². The molecule has 51 heavy (non-hydrogen) atoms. The summed E-state index contributed by atoms with van der Waals surface area (Å²) in [7, 11) is -1.85. The van der Waals surface area contributed by atoms with E-state index in [1.807, 2.05) is 44.2 Å². The first-order chi connectivity index (χ1) is 24.2. The van der Waals surface area contributed by atoms with E-state index in [9.17, 15) is 28.1 Å². The molecule has 1 N–H and O–H groups in total. The monoisotopic (exact) mass is 736 g/mol. The van der Waals surface area contributed by atoms with Crippen LogP contribution in [0.1, 0.15) is 30.5 Å². The third kappa shape index (κ3) is 9.77. The molecule has 0 aliphatic carbocycles. The van der Waals surface area contributed by atoms with Crippen molar-refractivity contribution in [1.82, 2.24) is 10.2 Å². The highest BCUT2D eigenvalue weighted by Gasteiger charge is 2.36. The van der Waals surface area contributed by atoms with Gasteiger partial charge in [0.2, 0.25) is 11.8 Å². The SMILES string of the molecule is COc1cccc(CN(C(=O)CN(c2cc(Cl)ccc2OC)S(=O)(=O)c2ccc(C)c([N+](=O)[O-])c2)[C@@H](Cc2ccccc2)C(=O)NCC(C)C)c1. The molecule has 2 amide bonds. The van der Waals surface area contributed by atoms with Crippen LogP contribution in [0.25, 0.3) is 0 Å². The minimum absolute atomic E-state index is 0.0762. The molecule has 0 aliphatic heterocycles. The van der Waals surface area contributed by atoms with Crippen LogP contribution in [0.2, 0.25) is 5.02 Å². The maximum absolute atomic E-state index is 14.8. The maximum Gasteiger partial charge on any atom is 0.273 e. The average Bonchev–Trinajstić information content (AvgIpc) is 3.11. The van der Waals surface area contributed by atoms with Gasteiger partial charge in [-0.3, -0.25) is 24.0 Å². The summed E-state index contributed by atoms with van der Waals surface area (Å²) in [4.78, 5) is 40.8. The minimum atomic E-state index is -4.69. The number of nitrogens with one attached hydrogen (secondary N) is 1. The molecule has 1 atom stereocenters. The number of benzene rings is 4. The third-order valence-corrected chi connectivity index (χ3v) is 10.1. The van der Waals surface area contributed by atoms with E-state index in [4.69, 9.17) is 21.1 Å². The predicted molar refractivity (Wildman–Crippen MR) is 196 cm³/mol. The van der Waals surface area contributed by atoms with Crippen LogP contribution in [0.5, 0.6) is 11.5 Å². The first-order valence-electron chi connectivity index (χ1n) is 16.1. The summed E-state index contributed by atoms with van der Waals surface area (Å²) in [6.07, 6.45) is 0.123. The molecule has 4 aromatic rings. The van der Waals surface area contributed by atoms with Crippen molar-refractivity contribution < 1.29 is 32.4 Å². The Morgan fingerprint density at radius 2 is 1.63 bits per heavy atom. The van der Waals surface area contributed by atoms with Crippen LogP contribution in [-0.4, -0.2) is 63.4 Å². The molecule has 0 radical (unpaired) electrons. The summed E-state index contributed by atoms with van der Waals surface area (Å²) in [5.41, 5.74) is 1.17. The molecule has 0 bridgehead atoms. The highest BCUT2D eigenvalue weighted by molar-refractivity contribution is 7.92. The van der Waals surface area contributed by atoms with Gasteiger partial charge in [-0.05, 0) is 60.4 Å². The van der Waals surface area contributed by atoms with Gasteiger partial charge < -0.3 is 19.7 Å². The Balaban J connectivity index is 1.90. The lowest BCUT2D eigenvalue weighted by Crippen LogP contribution is -2.53. The quantitative estimate of drug-likeness (QED) is 0.106. The number of ether oxygens (including phenoxy) is 2. The van der Waals surface area contributed by atoms with E-state index < -0.39 is 49.9 Å². The van der Waals surface area contributed by atoms with Gasteiger partial charge in [0.15, 0.2) is 0 Å². The highest BCUT2D eigenvalue weighted by Crippen LogP contribution is 2.36. The van der Waals surface area contributed by atoms with Crippen molar-refractivity contribution in [3.05, 3.63) is 123 Å². The van der Waals surface area contributed by atoms with Crippen molar-refractivity contribution in [3.63, 3.8) is 0 Å². The minimum Gasteiger partial charge on any atom is -0.497 e. The van der Waals surface area contributed by atoms with Crippen molar-refractivity contribution in [3.8, 4) is 11.5 Å². The lowest BCUT2D eigenvalue weighted by atomic mass is 10.0. The number of carbonyl (C=O) groups excluding carboxylic acids is 2. The molecule has 0 saturated heterocycles. The largest absolute Gasteiger partial charge is 0.497 e. The molecule has 270 valence electrons. The number of aryl methyl sites for hydroxylation is 1. The topological polar surface area (TPSA) is 148 Å². The van der Waals surface area contributed by atoms with Crippen LogP contribution in [0.4, 0.5) is 11.4 Å². The van der Waals surface area contributed by atoms with Crippen molar-refractivity contribution in [2.75, 3.05) is 31.6 Å². The predicted octanol–water partition coefficient (Wildman–Crippen LogP) is 6.18. The van der Waals surface area contributed by atoms with E-state index in [1.54, 1.807) is 24.3 Å². The van der Waals surface area contributed by atoms with Crippen LogP contribution in [0, 0.1) is 23.0 Å². The van der Waals surface area contributed by atoms with Crippen LogP contribution >= 0.6 is 11.6 Å². The van der Waals surface area contributed by atoms with Crippen LogP contribution in [0.15, 0.2) is 95.9 Å². The first kappa shape index (κ1) is 38.7. The van der Waals surface area contributed by atoms with Crippen molar-refractivity contribution >= 4 is 44.8 Å². The van der Waals surface area contributed by atoms with Crippen LogP contribution in [0.3, 0.4) is 0 Å². The van der Waals surface area contributed by atoms with Gasteiger partial charge in [-0.2, -0.15) is 0 Å². The number of hydrogen-bond acceptors (Lipinski definition) is 8. The number of amides is 2. The van der Waals surface area contributed by atoms with Gasteiger partial charge in [0, 0.05) is 36.2 Å². The molecule has 14 heteroatoms. The fourth-order valence-electron chi connectivity index (χ4n) is 5.39. The number of nitro benzene ring substituents is 1. The molecule has 4 aromatic carbocycles. The van der Waals surface area contributed by atoms with E-state index in [2.05, 4.69) is 5.32 Å². The zero-order valence-corrected chi connectivity index (χ0v) is 30.6. The van der Waals surface area contributed by atoms with Crippen molar-refractivity contribution in [2.24, 2.45) is 5.92 Å². The molecule has 0 aromatic heterocycles. The lowest BCUT2D eigenvalue weighted by molar-refractivity contribution is -0.385. The Morgan fingerprint density at radius 3 is 2.27 bits per heavy atom. The zero-order valence-electron chi connectivity index (χ0n) is 29.0. The number of methoxy groups -OCH3 is 2. The fourth-order valence-corrected chi connectivity index (χ4v) is 6.99. The number of nitro groups is 1. The van der Waals surface area contributed by atoms with E-state index in [1.165, 1.54) is 56.4 Å². The third-order valence-electron chi connectivity index (χ3n) is 8.10. The number of hydrogen-bond donors (Lipinski definition) is 1. The van der Waals surface area contributed by atoms with Gasteiger partial charge in [0.25, 0.3) is 15.7 Å². The second-order valence-corrected chi connectivity index (χ2v) is 14.5. The Kier molecular flexibility index (Phi) is 13.0. The van der Waals surface area contributed by atoms with E-state index in [-0.39, 0.29) is 40.9 Å². The summed E-state index contributed by atoms with van der Waals surface area (Å²) in [5, 5.41) is 14.9. The zero-order chi connectivity index (χ0) is 37.3. The molecule has 4 rings (SSSR count). The fraction of sp³-hybridized carbons (Fsp3) is 0.297. The summed E-state index contributed by atoms with van der Waals surface area (Å²) >= 11 is 6.35. The molecular formula is C37H41ClN4O8S. The second kappa shape index (κ2) is 17.2. The maximum atomic E-state index is 14.8. The number of halogens is 1. The number of sulfonamides is 1. The summed E-state index contributed by atoms with van der Waals surface area (Å²) < 4.78 is 40.7. The first-order valence-corrected chi connectivity index (χ1v) is 17.9. The van der Waals surface area contributed by atoms with Gasteiger partial charge in [-0.15, -0.1) is 0 Å². The smallest absolute Gasteiger partial charge is 0.273 e. The number of carbonyl (C=O) groups is 2. The Bertz CT molecular complexity index is 1970. The van der Waals surface area contributed by atoms with Crippen LogP contribution < -0.4 is 19.1 Å². The summed E-state index contributed by atoms with van der Waals surface area (Å²) in [6, 6.07) is 22.9. The lowest BCUT2D eigenvalue weighted by Gasteiger charge is -2.34. The van der Waals surface area contributed by atoms with E-state index in [0.717, 1.165) is 15.9 Å². The Hall–Kier alpha value is -5.14. The Morgan fingerprint density at radius 1 is 0.922 bits per heavy atom. The molecule has 0 heterocycles. The van der Waals surface area contributed by atoms with Gasteiger partial charge in [-0.1, -0.05) is 74.0 Å². The molecule has 0 aliphatic rings. The Labute approximate surface area is 303 Å². The van der Waals surface area contributed by atoms with Gasteiger partial charge in [0.05, 0.1) is 29.7 Å². The number of anilines is 1. The summed E-state index contributed by atoms with van der Waals surface area (Å²) in [6.45, 7) is 4.83. The number of nitrogens with zero attached hydrogens (tertiary/aromatic N) is 3. The van der Waals surface area contributed by atoms with Gasteiger partial charge >= 0.3 is 0 Å². The average molecular weight is 737 g/mol.